The lowest BCUT2D eigenvalue weighted by molar-refractivity contribution is 0.266. The van der Waals surface area contributed by atoms with E-state index in [0.29, 0.717) is 5.89 Å². The lowest BCUT2D eigenvalue weighted by atomic mass is 10.1. The van der Waals surface area contributed by atoms with Gasteiger partial charge in [0, 0.05) is 30.6 Å². The Morgan fingerprint density at radius 2 is 1.49 bits per heavy atom. The number of hydrogen-bond acceptors (Lipinski definition) is 5. The Kier molecular flexibility index (Phi) is 11.8. The third kappa shape index (κ3) is 9.14. The number of para-hydroxylation sites is 1. The first kappa shape index (κ1) is 26.9. The summed E-state index contributed by atoms with van der Waals surface area (Å²) in [6.07, 6.45) is 12.8. The van der Waals surface area contributed by atoms with Gasteiger partial charge < -0.3 is 9.26 Å². The lowest BCUT2D eigenvalue weighted by Gasteiger charge is -2.22. The van der Waals surface area contributed by atoms with E-state index in [1.54, 1.807) is 7.11 Å². The van der Waals surface area contributed by atoms with E-state index in [2.05, 4.69) is 65.3 Å². The second-order valence-electron chi connectivity index (χ2n) is 9.41. The Hall–Kier alpha value is -2.66. The van der Waals surface area contributed by atoms with Crippen LogP contribution in [0.1, 0.15) is 88.6 Å². The van der Waals surface area contributed by atoms with Crippen LogP contribution in [-0.4, -0.2) is 28.7 Å². The van der Waals surface area contributed by atoms with Crippen molar-refractivity contribution in [2.24, 2.45) is 0 Å². The van der Waals surface area contributed by atoms with Crippen molar-refractivity contribution in [3.05, 3.63) is 65.5 Å². The van der Waals surface area contributed by atoms with Crippen molar-refractivity contribution >= 4 is 0 Å². The molecule has 0 N–H and O–H groups in total. The van der Waals surface area contributed by atoms with Crippen molar-refractivity contribution in [1.82, 2.24) is 15.0 Å². The maximum atomic E-state index is 5.55. The predicted molar refractivity (Wildman–Crippen MR) is 143 cm³/mol. The molecule has 5 heteroatoms. The van der Waals surface area contributed by atoms with Crippen LogP contribution >= 0.6 is 0 Å². The summed E-state index contributed by atoms with van der Waals surface area (Å²) < 4.78 is 11.1. The second kappa shape index (κ2) is 15.4. The van der Waals surface area contributed by atoms with Crippen molar-refractivity contribution < 1.29 is 9.26 Å². The summed E-state index contributed by atoms with van der Waals surface area (Å²) in [5.41, 5.74) is 3.45. The number of benzene rings is 2. The number of hydrogen-bond donors (Lipinski definition) is 0. The highest BCUT2D eigenvalue weighted by atomic mass is 16.5. The molecule has 0 spiro atoms. The van der Waals surface area contributed by atoms with Crippen LogP contribution < -0.4 is 4.74 Å². The van der Waals surface area contributed by atoms with Gasteiger partial charge >= 0.3 is 0 Å². The van der Waals surface area contributed by atoms with Gasteiger partial charge in [-0.25, -0.2) is 0 Å². The molecule has 0 bridgehead atoms. The molecule has 3 rings (SSSR count). The van der Waals surface area contributed by atoms with Crippen LogP contribution in [0.2, 0.25) is 0 Å². The number of methoxy groups -OCH3 is 1. The fourth-order valence-electron chi connectivity index (χ4n) is 4.43. The highest BCUT2D eigenvalue weighted by Crippen LogP contribution is 2.22. The summed E-state index contributed by atoms with van der Waals surface area (Å²) in [5.74, 6) is 2.38. The molecular weight excluding hydrogens is 434 g/mol. The summed E-state index contributed by atoms with van der Waals surface area (Å²) in [7, 11) is 1.73. The maximum Gasteiger partial charge on any atom is 0.257 e. The highest BCUT2D eigenvalue weighted by Gasteiger charge is 2.11. The number of unbranched alkanes of at least 4 members (excludes halogenated alkanes) is 8. The van der Waals surface area contributed by atoms with Crippen molar-refractivity contribution in [2.75, 3.05) is 13.7 Å². The molecule has 1 aromatic heterocycles. The van der Waals surface area contributed by atoms with E-state index in [1.807, 2.05) is 12.1 Å². The number of aromatic nitrogens is 2. The lowest BCUT2D eigenvalue weighted by Crippen LogP contribution is -2.22. The molecule has 2 aromatic carbocycles. The van der Waals surface area contributed by atoms with E-state index in [9.17, 15) is 0 Å². The smallest absolute Gasteiger partial charge is 0.257 e. The van der Waals surface area contributed by atoms with E-state index < -0.39 is 0 Å². The Bertz CT molecular complexity index is 968. The van der Waals surface area contributed by atoms with Crippen LogP contribution in [0.15, 0.2) is 53.1 Å². The first-order valence-electron chi connectivity index (χ1n) is 13.5. The third-order valence-corrected chi connectivity index (χ3v) is 6.61. The molecule has 3 aromatic rings. The summed E-state index contributed by atoms with van der Waals surface area (Å²) >= 11 is 0. The van der Waals surface area contributed by atoms with Gasteiger partial charge in [-0.1, -0.05) is 101 Å². The van der Waals surface area contributed by atoms with Gasteiger partial charge in [0.25, 0.3) is 5.89 Å². The van der Waals surface area contributed by atoms with E-state index in [1.165, 1.54) is 62.5 Å². The molecular formula is C30H43N3O2. The molecule has 0 saturated carbocycles. The van der Waals surface area contributed by atoms with Gasteiger partial charge in [0.15, 0.2) is 5.82 Å². The molecule has 190 valence electrons. The van der Waals surface area contributed by atoms with Crippen molar-refractivity contribution in [3.63, 3.8) is 0 Å². The average Bonchev–Trinajstić information content (AvgIpc) is 3.37. The monoisotopic (exact) mass is 477 g/mol. The molecule has 0 aliphatic carbocycles. The van der Waals surface area contributed by atoms with Gasteiger partial charge in [-0.15, -0.1) is 0 Å². The van der Waals surface area contributed by atoms with Crippen LogP contribution in [0, 0.1) is 0 Å². The number of aryl methyl sites for hydroxylation is 1. The molecule has 0 radical (unpaired) electrons. The normalized spacial score (nSPS) is 11.3. The first-order valence-corrected chi connectivity index (χ1v) is 13.5. The molecule has 35 heavy (non-hydrogen) atoms. The average molecular weight is 478 g/mol. The van der Waals surface area contributed by atoms with Crippen molar-refractivity contribution in [3.8, 4) is 17.2 Å². The standard InChI is InChI=1S/C30H43N3O2/c1-4-6-7-8-9-10-11-12-13-18-29-31-30(35-32-29)26-21-19-25(20-22-26)23-33(5-2)24-27-16-14-15-17-28(27)34-3/h14-17,19-22H,4-13,18,23-24H2,1-3H3. The van der Waals surface area contributed by atoms with Gasteiger partial charge in [-0.3, -0.25) is 4.90 Å². The molecule has 0 unspecified atom stereocenters. The minimum Gasteiger partial charge on any atom is -0.496 e. The minimum atomic E-state index is 0.615. The zero-order valence-corrected chi connectivity index (χ0v) is 22.0. The molecule has 5 nitrogen and oxygen atoms in total. The van der Waals surface area contributed by atoms with E-state index in [0.717, 1.165) is 49.6 Å². The largest absolute Gasteiger partial charge is 0.496 e. The molecule has 1 heterocycles. The molecule has 0 aliphatic heterocycles. The molecule has 0 saturated heterocycles. The molecule has 0 aliphatic rings. The van der Waals surface area contributed by atoms with E-state index in [4.69, 9.17) is 9.26 Å². The van der Waals surface area contributed by atoms with Crippen LogP contribution in [0.5, 0.6) is 5.75 Å². The fourth-order valence-corrected chi connectivity index (χ4v) is 4.43. The predicted octanol–water partition coefficient (Wildman–Crippen LogP) is 7.84. The highest BCUT2D eigenvalue weighted by molar-refractivity contribution is 5.53. The Balaban J connectivity index is 1.43. The van der Waals surface area contributed by atoms with Crippen LogP contribution in [0.25, 0.3) is 11.5 Å². The van der Waals surface area contributed by atoms with Gasteiger partial charge in [0.05, 0.1) is 7.11 Å². The van der Waals surface area contributed by atoms with Crippen molar-refractivity contribution in [2.45, 2.75) is 91.1 Å². The van der Waals surface area contributed by atoms with Crippen LogP contribution in [0.3, 0.4) is 0 Å². The summed E-state index contributed by atoms with van der Waals surface area (Å²) in [4.78, 5) is 7.03. The number of rotatable bonds is 17. The van der Waals surface area contributed by atoms with Crippen LogP contribution in [-0.2, 0) is 19.5 Å². The summed E-state index contributed by atoms with van der Waals surface area (Å²) in [5, 5.41) is 4.20. The van der Waals surface area contributed by atoms with Gasteiger partial charge in [-0.05, 0) is 36.7 Å². The van der Waals surface area contributed by atoms with Gasteiger partial charge in [0.1, 0.15) is 5.75 Å². The van der Waals surface area contributed by atoms with Crippen molar-refractivity contribution in [1.29, 1.82) is 0 Å². The topological polar surface area (TPSA) is 51.4 Å². The minimum absolute atomic E-state index is 0.615. The SMILES string of the molecule is CCCCCCCCCCCc1noc(-c2ccc(CN(CC)Cc3ccccc3OC)cc2)n1. The molecule has 0 fully saturated rings. The Labute approximate surface area is 211 Å². The van der Waals surface area contributed by atoms with Crippen LogP contribution in [0.4, 0.5) is 0 Å². The Morgan fingerprint density at radius 3 is 2.17 bits per heavy atom. The first-order chi connectivity index (χ1) is 17.2. The van der Waals surface area contributed by atoms with Gasteiger partial charge in [-0.2, -0.15) is 4.98 Å². The van der Waals surface area contributed by atoms with E-state index in [-0.39, 0.29) is 0 Å². The number of ether oxygens (including phenoxy) is 1. The Morgan fingerprint density at radius 1 is 0.800 bits per heavy atom. The van der Waals surface area contributed by atoms with Gasteiger partial charge in [0.2, 0.25) is 0 Å². The maximum absolute atomic E-state index is 5.55. The summed E-state index contributed by atoms with van der Waals surface area (Å²) in [6, 6.07) is 16.7. The molecule has 0 amide bonds. The quantitative estimate of drug-likeness (QED) is 0.185. The fraction of sp³-hybridized carbons (Fsp3) is 0.533. The van der Waals surface area contributed by atoms with E-state index >= 15 is 0 Å². The number of nitrogens with zero attached hydrogens (tertiary/aromatic N) is 3. The summed E-state index contributed by atoms with van der Waals surface area (Å²) in [6.45, 7) is 7.16. The molecule has 0 atom stereocenters. The zero-order chi connectivity index (χ0) is 24.7. The zero-order valence-electron chi connectivity index (χ0n) is 22.0. The third-order valence-electron chi connectivity index (χ3n) is 6.61. The second-order valence-corrected chi connectivity index (χ2v) is 9.41.